The van der Waals surface area contributed by atoms with E-state index in [1.54, 1.807) is 11.9 Å². The van der Waals surface area contributed by atoms with Crippen LogP contribution in [0.15, 0.2) is 0 Å². The lowest BCUT2D eigenvalue weighted by Crippen LogP contribution is -2.42. The van der Waals surface area contributed by atoms with Gasteiger partial charge in [0.2, 0.25) is 0 Å². The Morgan fingerprint density at radius 2 is 2.26 bits per heavy atom. The maximum atomic E-state index is 11.8. The van der Waals surface area contributed by atoms with Crippen molar-refractivity contribution in [2.45, 2.75) is 26.2 Å². The number of rotatable bonds is 6. The molecule has 0 aromatic heterocycles. The number of urea groups is 1. The molecule has 1 heterocycles. The number of carbonyl (C=O) groups is 2. The van der Waals surface area contributed by atoms with Crippen molar-refractivity contribution in [2.24, 2.45) is 11.8 Å². The van der Waals surface area contributed by atoms with E-state index in [2.05, 4.69) is 5.32 Å². The molecule has 0 spiro atoms. The Bertz CT molecular complexity index is 303. The van der Waals surface area contributed by atoms with Gasteiger partial charge >= 0.3 is 12.0 Å². The number of carboxylic acid groups (broad SMARTS) is 1. The van der Waals surface area contributed by atoms with Gasteiger partial charge in [-0.05, 0) is 18.8 Å². The third-order valence-electron chi connectivity index (χ3n) is 3.26. The van der Waals surface area contributed by atoms with Crippen molar-refractivity contribution < 1.29 is 19.4 Å². The average Bonchev–Trinajstić information content (AvgIpc) is 2.36. The van der Waals surface area contributed by atoms with Gasteiger partial charge in [-0.1, -0.05) is 6.92 Å². The molecule has 19 heavy (non-hydrogen) atoms. The first-order valence-electron chi connectivity index (χ1n) is 6.77. The molecule has 1 aliphatic rings. The Labute approximate surface area is 114 Å². The molecule has 0 bridgehead atoms. The first kappa shape index (κ1) is 15.8. The maximum absolute atomic E-state index is 11.8. The quantitative estimate of drug-likeness (QED) is 0.760. The van der Waals surface area contributed by atoms with Crippen LogP contribution in [0.5, 0.6) is 0 Å². The van der Waals surface area contributed by atoms with Gasteiger partial charge in [0.05, 0.1) is 6.61 Å². The molecule has 6 heteroatoms. The van der Waals surface area contributed by atoms with E-state index in [1.165, 1.54) is 0 Å². The predicted octanol–water partition coefficient (Wildman–Crippen LogP) is 1.17. The number of hydrogen-bond donors (Lipinski definition) is 2. The topological polar surface area (TPSA) is 78.9 Å². The molecule has 0 radical (unpaired) electrons. The number of carboxylic acids is 1. The molecular formula is C13H24N2O4. The molecule has 1 fully saturated rings. The van der Waals surface area contributed by atoms with Gasteiger partial charge in [0.25, 0.3) is 0 Å². The third kappa shape index (κ3) is 6.42. The minimum absolute atomic E-state index is 0.0622. The first-order valence-corrected chi connectivity index (χ1v) is 6.77. The third-order valence-corrected chi connectivity index (χ3v) is 3.26. The molecule has 1 rings (SSSR count). The van der Waals surface area contributed by atoms with Crippen molar-refractivity contribution in [2.75, 3.05) is 33.4 Å². The van der Waals surface area contributed by atoms with Gasteiger partial charge in [-0.3, -0.25) is 4.79 Å². The van der Waals surface area contributed by atoms with Crippen LogP contribution < -0.4 is 5.32 Å². The molecule has 2 amide bonds. The van der Waals surface area contributed by atoms with E-state index in [9.17, 15) is 9.59 Å². The number of ether oxygens (including phenoxy) is 1. The van der Waals surface area contributed by atoms with Crippen molar-refractivity contribution in [3.63, 3.8) is 0 Å². The van der Waals surface area contributed by atoms with Crippen molar-refractivity contribution >= 4 is 12.0 Å². The number of hydrogen-bond acceptors (Lipinski definition) is 3. The van der Waals surface area contributed by atoms with Crippen LogP contribution in [0.3, 0.4) is 0 Å². The van der Waals surface area contributed by atoms with Gasteiger partial charge in [0.15, 0.2) is 0 Å². The van der Waals surface area contributed by atoms with Crippen molar-refractivity contribution in [1.29, 1.82) is 0 Å². The molecule has 1 aliphatic heterocycles. The second kappa shape index (κ2) is 7.99. The SMILES string of the molecule is CC(CNC(=O)N(C)CC1CCCOC1)CC(=O)O. The molecule has 6 nitrogen and oxygen atoms in total. The molecule has 0 aliphatic carbocycles. The van der Waals surface area contributed by atoms with E-state index in [4.69, 9.17) is 9.84 Å². The summed E-state index contributed by atoms with van der Waals surface area (Å²) in [6.07, 6.45) is 2.21. The van der Waals surface area contributed by atoms with Crippen LogP contribution in [0, 0.1) is 11.8 Å². The maximum Gasteiger partial charge on any atom is 0.317 e. The van der Waals surface area contributed by atoms with Crippen molar-refractivity contribution in [3.8, 4) is 0 Å². The summed E-state index contributed by atoms with van der Waals surface area (Å²) in [5.74, 6) is -0.497. The Hall–Kier alpha value is -1.30. The van der Waals surface area contributed by atoms with E-state index >= 15 is 0 Å². The minimum atomic E-state index is -0.838. The van der Waals surface area contributed by atoms with E-state index < -0.39 is 5.97 Å². The molecular weight excluding hydrogens is 248 g/mol. The van der Waals surface area contributed by atoms with Crippen LogP contribution in [0.4, 0.5) is 4.79 Å². The highest BCUT2D eigenvalue weighted by molar-refractivity contribution is 5.74. The summed E-state index contributed by atoms with van der Waals surface area (Å²) in [7, 11) is 1.76. The lowest BCUT2D eigenvalue weighted by Gasteiger charge is -2.27. The van der Waals surface area contributed by atoms with Crippen LogP contribution in [-0.4, -0.2) is 55.4 Å². The van der Waals surface area contributed by atoms with E-state index in [0.29, 0.717) is 25.6 Å². The molecule has 0 aromatic rings. The van der Waals surface area contributed by atoms with Crippen molar-refractivity contribution in [1.82, 2.24) is 10.2 Å². The second-order valence-electron chi connectivity index (χ2n) is 5.35. The van der Waals surface area contributed by atoms with Crippen LogP contribution in [0.25, 0.3) is 0 Å². The molecule has 2 atom stereocenters. The van der Waals surface area contributed by atoms with Gasteiger partial charge in [-0.2, -0.15) is 0 Å². The van der Waals surface area contributed by atoms with Gasteiger partial charge in [-0.25, -0.2) is 4.79 Å². The normalized spacial score (nSPS) is 20.6. The Morgan fingerprint density at radius 1 is 1.53 bits per heavy atom. The van der Waals surface area contributed by atoms with E-state index in [-0.39, 0.29) is 18.4 Å². The largest absolute Gasteiger partial charge is 0.481 e. The monoisotopic (exact) mass is 272 g/mol. The van der Waals surface area contributed by atoms with E-state index in [1.807, 2.05) is 6.92 Å². The number of nitrogens with one attached hydrogen (secondary N) is 1. The standard InChI is InChI=1S/C13H24N2O4/c1-10(6-12(16)17)7-14-13(18)15(2)8-11-4-3-5-19-9-11/h10-11H,3-9H2,1-2H3,(H,14,18)(H,16,17). The molecule has 0 saturated carbocycles. The number of carbonyl (C=O) groups excluding carboxylic acids is 1. The molecule has 1 saturated heterocycles. The number of nitrogens with zero attached hydrogens (tertiary/aromatic N) is 1. The van der Waals surface area contributed by atoms with Gasteiger partial charge < -0.3 is 20.1 Å². The van der Waals surface area contributed by atoms with Crippen LogP contribution in [-0.2, 0) is 9.53 Å². The Morgan fingerprint density at radius 3 is 2.84 bits per heavy atom. The van der Waals surface area contributed by atoms with Gasteiger partial charge in [0.1, 0.15) is 0 Å². The summed E-state index contributed by atoms with van der Waals surface area (Å²) < 4.78 is 5.38. The summed E-state index contributed by atoms with van der Waals surface area (Å²) in [5, 5.41) is 11.4. The highest BCUT2D eigenvalue weighted by Crippen LogP contribution is 2.14. The smallest absolute Gasteiger partial charge is 0.317 e. The average molecular weight is 272 g/mol. The summed E-state index contributed by atoms with van der Waals surface area (Å²) in [6.45, 7) is 4.41. The van der Waals surface area contributed by atoms with Crippen molar-refractivity contribution in [3.05, 3.63) is 0 Å². The van der Waals surface area contributed by atoms with Crippen LogP contribution >= 0.6 is 0 Å². The molecule has 0 aromatic carbocycles. The summed E-state index contributed by atoms with van der Waals surface area (Å²) >= 11 is 0. The number of aliphatic carboxylic acids is 1. The Kier molecular flexibility index (Phi) is 6.62. The lowest BCUT2D eigenvalue weighted by atomic mass is 10.0. The molecule has 2 unspecified atom stereocenters. The van der Waals surface area contributed by atoms with Crippen LogP contribution in [0.1, 0.15) is 26.2 Å². The minimum Gasteiger partial charge on any atom is -0.481 e. The second-order valence-corrected chi connectivity index (χ2v) is 5.35. The van der Waals surface area contributed by atoms with Gasteiger partial charge in [0, 0.05) is 39.1 Å². The highest BCUT2D eigenvalue weighted by Gasteiger charge is 2.19. The predicted molar refractivity (Wildman–Crippen MR) is 71.0 cm³/mol. The zero-order valence-electron chi connectivity index (χ0n) is 11.7. The fourth-order valence-electron chi connectivity index (χ4n) is 2.19. The summed E-state index contributed by atoms with van der Waals surface area (Å²) in [6, 6.07) is -0.150. The molecule has 2 N–H and O–H groups in total. The van der Waals surface area contributed by atoms with Gasteiger partial charge in [-0.15, -0.1) is 0 Å². The van der Waals surface area contributed by atoms with Crippen LogP contribution in [0.2, 0.25) is 0 Å². The fourth-order valence-corrected chi connectivity index (χ4v) is 2.19. The lowest BCUT2D eigenvalue weighted by molar-refractivity contribution is -0.137. The zero-order chi connectivity index (χ0) is 14.3. The first-order chi connectivity index (χ1) is 8.99. The highest BCUT2D eigenvalue weighted by atomic mass is 16.5. The summed E-state index contributed by atoms with van der Waals surface area (Å²) in [5.41, 5.74) is 0. The summed E-state index contributed by atoms with van der Waals surface area (Å²) in [4.78, 5) is 24.0. The fraction of sp³-hybridized carbons (Fsp3) is 0.846. The number of amides is 2. The van der Waals surface area contributed by atoms with E-state index in [0.717, 1.165) is 19.4 Å². The Balaban J connectivity index is 2.22. The zero-order valence-corrected chi connectivity index (χ0v) is 11.7. The molecule has 110 valence electrons.